The van der Waals surface area contributed by atoms with Gasteiger partial charge in [0.25, 0.3) is 11.8 Å². The highest BCUT2D eigenvalue weighted by Gasteiger charge is 2.28. The van der Waals surface area contributed by atoms with Gasteiger partial charge in [-0.15, -0.1) is 0 Å². The zero-order chi connectivity index (χ0) is 25.8. The van der Waals surface area contributed by atoms with Gasteiger partial charge in [-0.05, 0) is 67.8 Å². The van der Waals surface area contributed by atoms with Crippen molar-refractivity contribution in [1.29, 1.82) is 0 Å². The molecule has 9 nitrogen and oxygen atoms in total. The number of ether oxygens (including phenoxy) is 3. The Labute approximate surface area is 214 Å². The van der Waals surface area contributed by atoms with Gasteiger partial charge in [-0.1, -0.05) is 12.1 Å². The van der Waals surface area contributed by atoms with Crippen LogP contribution in [0.15, 0.2) is 59.0 Å². The van der Waals surface area contributed by atoms with E-state index in [1.54, 1.807) is 36.4 Å². The van der Waals surface area contributed by atoms with E-state index in [0.29, 0.717) is 41.7 Å². The van der Waals surface area contributed by atoms with Gasteiger partial charge in [-0.25, -0.2) is 0 Å². The van der Waals surface area contributed by atoms with Crippen LogP contribution in [-0.4, -0.2) is 50.1 Å². The first-order valence-corrected chi connectivity index (χ1v) is 12.2. The second-order valence-corrected chi connectivity index (χ2v) is 9.09. The number of hydrogen-bond donors (Lipinski definition) is 1. The molecule has 192 valence electrons. The van der Waals surface area contributed by atoms with E-state index in [1.165, 1.54) is 4.90 Å². The predicted molar refractivity (Wildman–Crippen MR) is 134 cm³/mol. The fourth-order valence-electron chi connectivity index (χ4n) is 4.33. The van der Waals surface area contributed by atoms with Crippen LogP contribution in [0.25, 0.3) is 0 Å². The van der Waals surface area contributed by atoms with Gasteiger partial charge in [0.05, 0.1) is 18.3 Å². The number of fused-ring (bicyclic) bond motifs is 1. The lowest BCUT2D eigenvalue weighted by Gasteiger charge is -2.29. The molecule has 0 unspecified atom stereocenters. The monoisotopic (exact) mass is 504 g/mol. The number of aryl methyl sites for hydroxylation is 1. The van der Waals surface area contributed by atoms with E-state index in [9.17, 15) is 14.4 Å². The maximum absolute atomic E-state index is 12.8. The molecule has 1 N–H and O–H groups in total. The van der Waals surface area contributed by atoms with Crippen molar-refractivity contribution < 1.29 is 33.0 Å². The summed E-state index contributed by atoms with van der Waals surface area (Å²) in [7, 11) is 0. The molecule has 1 atom stereocenters. The van der Waals surface area contributed by atoms with Gasteiger partial charge in [0, 0.05) is 18.7 Å². The van der Waals surface area contributed by atoms with E-state index in [4.69, 9.17) is 18.6 Å². The van der Waals surface area contributed by atoms with Crippen LogP contribution in [0.1, 0.15) is 45.1 Å². The molecule has 3 aromatic rings. The van der Waals surface area contributed by atoms with Crippen LogP contribution in [0, 0.1) is 6.92 Å². The zero-order valence-electron chi connectivity index (χ0n) is 20.5. The second kappa shape index (κ2) is 10.9. The molecular formula is C28H28N2O7. The number of nitrogens with one attached hydrogen (secondary N) is 1. The summed E-state index contributed by atoms with van der Waals surface area (Å²) in [5, 5.41) is 2.82. The molecule has 0 spiro atoms. The number of rotatable bonds is 9. The SMILES string of the molecule is Cc1cccc(OCC(=O)c2ccc3c(c2)N(Cc2ccc(C(=O)NC[C@H]4CCCO4)o2)C(=O)CO3)c1. The average molecular weight is 505 g/mol. The molecule has 1 aromatic heterocycles. The molecule has 3 heterocycles. The maximum Gasteiger partial charge on any atom is 0.287 e. The molecule has 2 amide bonds. The summed E-state index contributed by atoms with van der Waals surface area (Å²) in [4.78, 5) is 39.5. The molecule has 2 aliphatic heterocycles. The van der Waals surface area contributed by atoms with Crippen LogP contribution in [-0.2, 0) is 16.1 Å². The Bertz CT molecular complexity index is 1310. The molecule has 0 radical (unpaired) electrons. The third-order valence-corrected chi connectivity index (χ3v) is 6.30. The zero-order valence-corrected chi connectivity index (χ0v) is 20.5. The van der Waals surface area contributed by atoms with Crippen molar-refractivity contribution in [1.82, 2.24) is 5.32 Å². The van der Waals surface area contributed by atoms with Crippen molar-refractivity contribution >= 4 is 23.3 Å². The van der Waals surface area contributed by atoms with Crippen molar-refractivity contribution in [2.75, 3.05) is 31.3 Å². The van der Waals surface area contributed by atoms with E-state index in [1.807, 2.05) is 25.1 Å². The lowest BCUT2D eigenvalue weighted by Crippen LogP contribution is -2.38. The lowest BCUT2D eigenvalue weighted by molar-refractivity contribution is -0.121. The van der Waals surface area contributed by atoms with E-state index in [-0.39, 0.29) is 49.2 Å². The molecule has 9 heteroatoms. The smallest absolute Gasteiger partial charge is 0.287 e. The van der Waals surface area contributed by atoms with E-state index >= 15 is 0 Å². The third kappa shape index (κ3) is 5.83. The minimum Gasteiger partial charge on any atom is -0.485 e. The molecule has 2 aromatic carbocycles. The number of furan rings is 1. The van der Waals surface area contributed by atoms with Gasteiger partial charge in [0.2, 0.25) is 0 Å². The highest BCUT2D eigenvalue weighted by Crippen LogP contribution is 2.34. The number of carbonyl (C=O) groups excluding carboxylic acids is 3. The summed E-state index contributed by atoms with van der Waals surface area (Å²) < 4.78 is 22.5. The Balaban J connectivity index is 1.26. The molecular weight excluding hydrogens is 476 g/mol. The van der Waals surface area contributed by atoms with Crippen molar-refractivity contribution in [3.05, 3.63) is 77.2 Å². The third-order valence-electron chi connectivity index (χ3n) is 6.30. The van der Waals surface area contributed by atoms with E-state index < -0.39 is 0 Å². The predicted octanol–water partition coefficient (Wildman–Crippen LogP) is 3.68. The van der Waals surface area contributed by atoms with Crippen LogP contribution >= 0.6 is 0 Å². The second-order valence-electron chi connectivity index (χ2n) is 9.09. The van der Waals surface area contributed by atoms with Gasteiger partial charge < -0.3 is 23.9 Å². The highest BCUT2D eigenvalue weighted by atomic mass is 16.5. The number of Topliss-reactive ketones (excluding diaryl/α,β-unsaturated/α-hetero) is 1. The summed E-state index contributed by atoms with van der Waals surface area (Å²) in [5.74, 6) is 0.835. The van der Waals surface area contributed by atoms with Crippen molar-refractivity contribution in [3.63, 3.8) is 0 Å². The van der Waals surface area contributed by atoms with Gasteiger partial charge in [-0.3, -0.25) is 19.3 Å². The van der Waals surface area contributed by atoms with Crippen molar-refractivity contribution in [3.8, 4) is 11.5 Å². The highest BCUT2D eigenvalue weighted by molar-refractivity contribution is 6.02. The molecule has 1 fully saturated rings. The number of ketones is 1. The molecule has 1 saturated heterocycles. The van der Waals surface area contributed by atoms with E-state index in [2.05, 4.69) is 5.32 Å². The van der Waals surface area contributed by atoms with Gasteiger partial charge in [0.15, 0.2) is 24.8 Å². The summed E-state index contributed by atoms with van der Waals surface area (Å²) in [5.41, 5.74) is 1.88. The van der Waals surface area contributed by atoms with Crippen LogP contribution in [0.2, 0.25) is 0 Å². The molecule has 0 bridgehead atoms. The number of benzene rings is 2. The summed E-state index contributed by atoms with van der Waals surface area (Å²) in [6.45, 7) is 2.91. The molecule has 37 heavy (non-hydrogen) atoms. The quantitative estimate of drug-likeness (QED) is 0.443. The van der Waals surface area contributed by atoms with Gasteiger partial charge in [-0.2, -0.15) is 0 Å². The van der Waals surface area contributed by atoms with Crippen molar-refractivity contribution in [2.24, 2.45) is 0 Å². The van der Waals surface area contributed by atoms with Crippen LogP contribution in [0.4, 0.5) is 5.69 Å². The maximum atomic E-state index is 12.8. The van der Waals surface area contributed by atoms with Gasteiger partial charge in [0.1, 0.15) is 17.3 Å². The van der Waals surface area contributed by atoms with Gasteiger partial charge >= 0.3 is 0 Å². The first-order valence-electron chi connectivity index (χ1n) is 12.2. The fraction of sp³-hybridized carbons (Fsp3) is 0.321. The minimum absolute atomic E-state index is 0.0278. The van der Waals surface area contributed by atoms with Crippen LogP contribution < -0.4 is 19.7 Å². The summed E-state index contributed by atoms with van der Waals surface area (Å²) >= 11 is 0. The van der Waals surface area contributed by atoms with Crippen molar-refractivity contribution in [2.45, 2.75) is 32.4 Å². The number of hydrogen-bond acceptors (Lipinski definition) is 7. The molecule has 0 aliphatic carbocycles. The molecule has 0 saturated carbocycles. The molecule has 2 aliphatic rings. The number of carbonyl (C=O) groups is 3. The molecule has 5 rings (SSSR count). The number of amides is 2. The Kier molecular flexibility index (Phi) is 7.23. The van der Waals surface area contributed by atoms with Crippen LogP contribution in [0.5, 0.6) is 11.5 Å². The first kappa shape index (κ1) is 24.6. The lowest BCUT2D eigenvalue weighted by atomic mass is 10.1. The fourth-order valence-corrected chi connectivity index (χ4v) is 4.33. The Morgan fingerprint density at radius 3 is 2.84 bits per heavy atom. The van der Waals surface area contributed by atoms with E-state index in [0.717, 1.165) is 18.4 Å². The Morgan fingerprint density at radius 1 is 1.14 bits per heavy atom. The Morgan fingerprint density at radius 2 is 2.03 bits per heavy atom. The van der Waals surface area contributed by atoms with Crippen LogP contribution in [0.3, 0.4) is 0 Å². The Hall–Kier alpha value is -4.11. The normalized spacial score (nSPS) is 16.7. The standard InChI is InChI=1S/C28H28N2O7/c1-18-4-2-5-20(12-18)35-16-24(31)19-7-9-25-23(13-19)30(27(32)17-36-25)15-22-8-10-26(37-22)28(33)29-14-21-6-3-11-34-21/h2,4-5,7-10,12-13,21H,3,6,11,14-17H2,1H3,(H,29,33)/t21-/m1/s1. The topological polar surface area (TPSA) is 107 Å². The number of nitrogens with zero attached hydrogens (tertiary/aromatic N) is 1. The summed E-state index contributed by atoms with van der Waals surface area (Å²) in [6, 6.07) is 15.6. The first-order chi connectivity index (χ1) is 18.0. The largest absolute Gasteiger partial charge is 0.485 e. The minimum atomic E-state index is -0.336. The summed E-state index contributed by atoms with van der Waals surface area (Å²) in [6.07, 6.45) is 1.94. The number of anilines is 1. The average Bonchev–Trinajstić information content (AvgIpc) is 3.60.